The monoisotopic (exact) mass is 236 g/mol. The number of terminal acetylenes is 1. The number of rotatable bonds is 4. The fraction of sp³-hybridized carbons (Fsp3) is 0.667. The van der Waals surface area contributed by atoms with Crippen molar-refractivity contribution in [3.8, 4) is 12.3 Å². The number of nitrogens with zero attached hydrogens (tertiary/aromatic N) is 1. The molecular weight excluding hydrogens is 220 g/mol. The van der Waals surface area contributed by atoms with E-state index in [9.17, 15) is 9.59 Å². The number of amides is 1. The summed E-state index contributed by atoms with van der Waals surface area (Å²) in [6.07, 6.45) is 8.09. The highest BCUT2D eigenvalue weighted by Crippen LogP contribution is 2.34. The number of carbonyl (C=O) groups is 2. The predicted molar refractivity (Wildman–Crippen MR) is 61.1 cm³/mol. The molecule has 0 aromatic carbocycles. The average molecular weight is 236 g/mol. The molecule has 2 bridgehead atoms. The Morgan fingerprint density at radius 3 is 2.71 bits per heavy atom. The lowest BCUT2D eigenvalue weighted by molar-refractivity contribution is -0.146. The lowest BCUT2D eigenvalue weighted by Gasteiger charge is -2.26. The van der Waals surface area contributed by atoms with Gasteiger partial charge in [-0.3, -0.25) is 9.59 Å². The molecule has 2 rings (SSSR count). The Kier molecular flexibility index (Phi) is 3.34. The Bertz CT molecular complexity index is 374. The van der Waals surface area contributed by atoms with Crippen LogP contribution in [-0.4, -0.2) is 47.1 Å². The van der Waals surface area contributed by atoms with Crippen molar-refractivity contribution in [2.45, 2.75) is 31.3 Å². The maximum atomic E-state index is 12.2. The van der Waals surface area contributed by atoms with Crippen LogP contribution in [0.25, 0.3) is 0 Å². The molecule has 3 atom stereocenters. The first-order valence-electron chi connectivity index (χ1n) is 5.82. The lowest BCUT2D eigenvalue weighted by Crippen LogP contribution is -2.43. The van der Waals surface area contributed by atoms with Crippen LogP contribution in [0.3, 0.4) is 0 Å². The maximum Gasteiger partial charge on any atom is 0.323 e. The summed E-state index contributed by atoms with van der Waals surface area (Å²) in [6, 6.07) is 0.632. The van der Waals surface area contributed by atoms with Crippen molar-refractivity contribution in [2.75, 3.05) is 13.1 Å². The molecule has 5 heteroatoms. The van der Waals surface area contributed by atoms with Gasteiger partial charge >= 0.3 is 5.97 Å². The van der Waals surface area contributed by atoms with Gasteiger partial charge in [-0.25, -0.2) is 0 Å². The molecule has 0 saturated carbocycles. The van der Waals surface area contributed by atoms with Gasteiger partial charge in [-0.2, -0.15) is 0 Å². The zero-order valence-corrected chi connectivity index (χ0v) is 9.56. The number of hydrogen-bond donors (Lipinski definition) is 2. The molecule has 2 saturated heterocycles. The van der Waals surface area contributed by atoms with E-state index in [2.05, 4.69) is 11.2 Å². The van der Waals surface area contributed by atoms with Crippen LogP contribution in [0, 0.1) is 18.3 Å². The zero-order chi connectivity index (χ0) is 12.4. The van der Waals surface area contributed by atoms with E-state index in [0.717, 1.165) is 19.3 Å². The van der Waals surface area contributed by atoms with Gasteiger partial charge in [0.1, 0.15) is 6.54 Å². The summed E-state index contributed by atoms with van der Waals surface area (Å²) in [4.78, 5) is 24.1. The van der Waals surface area contributed by atoms with Gasteiger partial charge in [-0.15, -0.1) is 6.42 Å². The van der Waals surface area contributed by atoms with Crippen LogP contribution in [0.5, 0.6) is 0 Å². The van der Waals surface area contributed by atoms with Crippen molar-refractivity contribution in [1.82, 2.24) is 10.2 Å². The highest BCUT2D eigenvalue weighted by Gasteiger charge is 2.44. The SMILES string of the molecule is C#CCN(CC(=O)O)C(=O)C1CC2CCC1N2. The zero-order valence-electron chi connectivity index (χ0n) is 9.56. The minimum Gasteiger partial charge on any atom is -0.480 e. The van der Waals surface area contributed by atoms with Gasteiger partial charge < -0.3 is 15.3 Å². The number of fused-ring (bicyclic) bond motifs is 2. The van der Waals surface area contributed by atoms with Crippen molar-refractivity contribution in [3.05, 3.63) is 0 Å². The molecule has 0 aromatic heterocycles. The summed E-state index contributed by atoms with van der Waals surface area (Å²) >= 11 is 0. The predicted octanol–water partition coefficient (Wildman–Crippen LogP) is -0.327. The number of nitrogens with one attached hydrogen (secondary N) is 1. The Morgan fingerprint density at radius 2 is 2.24 bits per heavy atom. The smallest absolute Gasteiger partial charge is 0.323 e. The van der Waals surface area contributed by atoms with Crippen molar-refractivity contribution in [2.24, 2.45) is 5.92 Å². The summed E-state index contributed by atoms with van der Waals surface area (Å²) in [5, 5.41) is 12.1. The first kappa shape index (κ1) is 11.9. The van der Waals surface area contributed by atoms with E-state index in [1.807, 2.05) is 0 Å². The van der Waals surface area contributed by atoms with E-state index >= 15 is 0 Å². The van der Waals surface area contributed by atoms with Gasteiger partial charge in [-0.05, 0) is 19.3 Å². The van der Waals surface area contributed by atoms with E-state index in [0.29, 0.717) is 6.04 Å². The number of carbonyl (C=O) groups excluding carboxylic acids is 1. The Morgan fingerprint density at radius 1 is 1.47 bits per heavy atom. The molecule has 5 nitrogen and oxygen atoms in total. The number of hydrogen-bond acceptors (Lipinski definition) is 3. The minimum absolute atomic E-state index is 0.0685. The highest BCUT2D eigenvalue weighted by atomic mass is 16.4. The van der Waals surface area contributed by atoms with Gasteiger partial charge in [0.05, 0.1) is 12.5 Å². The van der Waals surface area contributed by atoms with Crippen LogP contribution in [0.2, 0.25) is 0 Å². The number of carboxylic acid groups (broad SMARTS) is 1. The second-order valence-electron chi connectivity index (χ2n) is 4.68. The van der Waals surface area contributed by atoms with Crippen molar-refractivity contribution < 1.29 is 14.7 Å². The third-order valence-corrected chi connectivity index (χ3v) is 3.54. The molecule has 0 aromatic rings. The molecule has 2 aliphatic heterocycles. The van der Waals surface area contributed by atoms with E-state index in [1.54, 1.807) is 0 Å². The third kappa shape index (κ3) is 2.42. The summed E-state index contributed by atoms with van der Waals surface area (Å²) in [7, 11) is 0. The van der Waals surface area contributed by atoms with E-state index in [-0.39, 0.29) is 31.0 Å². The van der Waals surface area contributed by atoms with Crippen LogP contribution < -0.4 is 5.32 Å². The first-order chi connectivity index (χ1) is 8.11. The van der Waals surface area contributed by atoms with Gasteiger partial charge in [0.2, 0.25) is 5.91 Å². The van der Waals surface area contributed by atoms with Crippen LogP contribution in [0.15, 0.2) is 0 Å². The van der Waals surface area contributed by atoms with Gasteiger partial charge in [0.25, 0.3) is 0 Å². The van der Waals surface area contributed by atoms with Gasteiger partial charge in [-0.1, -0.05) is 5.92 Å². The normalized spacial score (nSPS) is 29.9. The number of carboxylic acids is 1. The third-order valence-electron chi connectivity index (χ3n) is 3.54. The second kappa shape index (κ2) is 4.76. The molecule has 2 heterocycles. The summed E-state index contributed by atoms with van der Waals surface area (Å²) in [6.45, 7) is -0.240. The Hall–Kier alpha value is -1.54. The van der Waals surface area contributed by atoms with Gasteiger partial charge in [0, 0.05) is 12.1 Å². The lowest BCUT2D eigenvalue weighted by atomic mass is 9.88. The van der Waals surface area contributed by atoms with Crippen molar-refractivity contribution >= 4 is 11.9 Å². The largest absolute Gasteiger partial charge is 0.480 e. The molecule has 92 valence electrons. The first-order valence-corrected chi connectivity index (χ1v) is 5.82. The quantitative estimate of drug-likeness (QED) is 0.656. The summed E-state index contributed by atoms with van der Waals surface area (Å²) in [5.41, 5.74) is 0. The van der Waals surface area contributed by atoms with E-state index in [4.69, 9.17) is 11.5 Å². The standard InChI is InChI=1S/C12H16N2O3/c1-2-5-14(7-11(15)16)12(17)9-6-8-3-4-10(9)13-8/h1,8-10,13H,3-7H2,(H,15,16). The van der Waals surface area contributed by atoms with Crippen molar-refractivity contribution in [3.63, 3.8) is 0 Å². The molecule has 17 heavy (non-hydrogen) atoms. The Labute approximate surface area is 100 Å². The minimum atomic E-state index is -1.02. The van der Waals surface area contributed by atoms with Gasteiger partial charge in [0.15, 0.2) is 0 Å². The highest BCUT2D eigenvalue weighted by molar-refractivity contribution is 5.84. The fourth-order valence-corrected chi connectivity index (χ4v) is 2.82. The molecule has 2 N–H and O–H groups in total. The fourth-order valence-electron chi connectivity index (χ4n) is 2.82. The van der Waals surface area contributed by atoms with Crippen LogP contribution in [-0.2, 0) is 9.59 Å². The molecule has 0 spiro atoms. The van der Waals surface area contributed by atoms with E-state index < -0.39 is 5.97 Å². The molecule has 2 fully saturated rings. The number of aliphatic carboxylic acids is 1. The van der Waals surface area contributed by atoms with Crippen molar-refractivity contribution in [1.29, 1.82) is 0 Å². The molecule has 2 aliphatic rings. The van der Waals surface area contributed by atoms with Crippen LogP contribution >= 0.6 is 0 Å². The summed E-state index contributed by atoms with van der Waals surface area (Å²) in [5.74, 6) is 1.10. The topological polar surface area (TPSA) is 69.6 Å². The second-order valence-corrected chi connectivity index (χ2v) is 4.68. The average Bonchev–Trinajstić information content (AvgIpc) is 2.88. The van der Waals surface area contributed by atoms with E-state index in [1.165, 1.54) is 4.90 Å². The molecule has 0 aliphatic carbocycles. The molecular formula is C12H16N2O3. The Balaban J connectivity index is 2.01. The molecule has 1 amide bonds. The maximum absolute atomic E-state index is 12.2. The molecule has 0 radical (unpaired) electrons. The summed E-state index contributed by atoms with van der Waals surface area (Å²) < 4.78 is 0. The molecule has 3 unspecified atom stereocenters. The van der Waals surface area contributed by atoms with Crippen LogP contribution in [0.1, 0.15) is 19.3 Å². The van der Waals surface area contributed by atoms with Crippen LogP contribution in [0.4, 0.5) is 0 Å².